The van der Waals surface area contributed by atoms with Crippen LogP contribution in [0.5, 0.6) is 5.75 Å². The molecule has 1 saturated carbocycles. The summed E-state index contributed by atoms with van der Waals surface area (Å²) in [6.07, 6.45) is 5.05. The molecule has 1 aromatic heterocycles. The van der Waals surface area contributed by atoms with E-state index in [0.717, 1.165) is 24.0 Å². The molecule has 1 aliphatic carbocycles. The van der Waals surface area contributed by atoms with Gasteiger partial charge >= 0.3 is 0 Å². The molecule has 0 spiro atoms. The van der Waals surface area contributed by atoms with Crippen LogP contribution in [0.3, 0.4) is 0 Å². The predicted molar refractivity (Wildman–Crippen MR) is 178 cm³/mol. The number of hydrogen-bond donors (Lipinski definition) is 1. The van der Waals surface area contributed by atoms with Crippen LogP contribution in [0.1, 0.15) is 79.7 Å². The van der Waals surface area contributed by atoms with E-state index in [1.807, 2.05) is 24.3 Å². The van der Waals surface area contributed by atoms with Crippen molar-refractivity contribution in [3.05, 3.63) is 81.3 Å². The normalized spacial score (nSPS) is 23.1. The number of fused-ring (bicyclic) bond motifs is 2. The third-order valence-electron chi connectivity index (χ3n) is 10.1. The number of thiazole rings is 1. The Balaban J connectivity index is 1.21. The van der Waals surface area contributed by atoms with E-state index in [9.17, 15) is 24.0 Å². The first kappa shape index (κ1) is 32.5. The van der Waals surface area contributed by atoms with Crippen molar-refractivity contribution in [3.8, 4) is 11.8 Å². The summed E-state index contributed by atoms with van der Waals surface area (Å²) in [5, 5.41) is 11.7. The fourth-order valence-electron chi connectivity index (χ4n) is 7.75. The maximum atomic E-state index is 14.6. The van der Waals surface area contributed by atoms with Gasteiger partial charge in [0.05, 0.1) is 48.0 Å². The molecule has 3 aliphatic heterocycles. The molecular weight excluding hydrogens is 644 g/mol. The van der Waals surface area contributed by atoms with Gasteiger partial charge in [-0.15, -0.1) is 11.3 Å². The van der Waals surface area contributed by atoms with Gasteiger partial charge in [0, 0.05) is 36.9 Å². The monoisotopic (exact) mass is 680 g/mol. The molecule has 12 nitrogen and oxygen atoms in total. The lowest BCUT2D eigenvalue weighted by atomic mass is 9.77. The molecule has 0 bridgehead atoms. The van der Waals surface area contributed by atoms with E-state index in [0.29, 0.717) is 67.1 Å². The zero-order valence-corrected chi connectivity index (χ0v) is 27.7. The maximum absolute atomic E-state index is 14.6. The van der Waals surface area contributed by atoms with E-state index >= 15 is 0 Å². The lowest BCUT2D eigenvalue weighted by Crippen LogP contribution is -2.51. The molecule has 13 heteroatoms. The van der Waals surface area contributed by atoms with Crippen LogP contribution in [0.4, 0.5) is 0 Å². The van der Waals surface area contributed by atoms with Crippen molar-refractivity contribution < 1.29 is 28.7 Å². The summed E-state index contributed by atoms with van der Waals surface area (Å²) in [6.45, 7) is 1.03. The highest BCUT2D eigenvalue weighted by Gasteiger charge is 2.45. The standard InChI is InChI=1S/C36H36N6O6S/c37-14-15-39-32(43)24-7-1-2-8-25(24)33(44)41-17-12-22-6-5-11-29(48-23-13-16-40(19-23)36(47)30-18-38-21-49-30)31(22)28(41)20-42-34(45)26-9-3-4-10-27(26)35(42)46/h3-6,9-11,18,21,23-25,28H,1-2,7-8,12-13,15-17,19-20H2,(H,39,43)/t23-,24?,25?,28+/m0/s1. The van der Waals surface area contributed by atoms with E-state index in [4.69, 9.17) is 10.00 Å². The lowest BCUT2D eigenvalue weighted by Gasteiger charge is -2.43. The van der Waals surface area contributed by atoms with E-state index in [1.54, 1.807) is 45.8 Å². The van der Waals surface area contributed by atoms with E-state index in [1.165, 1.54) is 16.2 Å². The molecule has 4 aliphatic rings. The van der Waals surface area contributed by atoms with E-state index in [2.05, 4.69) is 10.3 Å². The summed E-state index contributed by atoms with van der Waals surface area (Å²) in [6, 6.07) is 13.6. The summed E-state index contributed by atoms with van der Waals surface area (Å²) in [5.41, 5.74) is 3.95. The molecule has 2 aromatic carbocycles. The number of aromatic nitrogens is 1. The Labute approximate surface area is 287 Å². The van der Waals surface area contributed by atoms with Crippen molar-refractivity contribution in [1.82, 2.24) is 25.0 Å². The molecule has 2 fully saturated rings. The van der Waals surface area contributed by atoms with Crippen molar-refractivity contribution in [3.63, 3.8) is 0 Å². The number of hydrogen-bond acceptors (Lipinski definition) is 9. The molecule has 0 radical (unpaired) electrons. The number of nitrogens with zero attached hydrogens (tertiary/aromatic N) is 5. The highest BCUT2D eigenvalue weighted by molar-refractivity contribution is 7.11. The molecule has 7 rings (SSSR count). The number of nitriles is 1. The number of rotatable bonds is 8. The largest absolute Gasteiger partial charge is 0.488 e. The molecule has 5 amide bonds. The van der Waals surface area contributed by atoms with Crippen LogP contribution in [0.25, 0.3) is 0 Å². The molecule has 3 aromatic rings. The second-order valence-corrected chi connectivity index (χ2v) is 13.8. The number of amides is 5. The van der Waals surface area contributed by atoms with Gasteiger partial charge in [-0.3, -0.25) is 33.9 Å². The van der Waals surface area contributed by atoms with Gasteiger partial charge in [0.2, 0.25) is 11.8 Å². The number of ether oxygens (including phenoxy) is 1. The Morgan fingerprint density at radius 1 is 0.980 bits per heavy atom. The minimum atomic E-state index is -0.726. The van der Waals surface area contributed by atoms with Crippen molar-refractivity contribution >= 4 is 40.9 Å². The highest BCUT2D eigenvalue weighted by atomic mass is 32.1. The first-order chi connectivity index (χ1) is 23.9. The Hall–Kier alpha value is -5.09. The van der Waals surface area contributed by atoms with Gasteiger partial charge in [0.1, 0.15) is 23.3 Å². The van der Waals surface area contributed by atoms with Gasteiger partial charge in [-0.05, 0) is 43.0 Å². The van der Waals surface area contributed by atoms with Crippen LogP contribution in [0.2, 0.25) is 0 Å². The fourth-order valence-corrected chi connectivity index (χ4v) is 8.34. The molecule has 2 unspecified atom stereocenters. The summed E-state index contributed by atoms with van der Waals surface area (Å²) < 4.78 is 6.63. The minimum Gasteiger partial charge on any atom is -0.488 e. The Kier molecular flexibility index (Phi) is 9.14. The molecular formula is C36H36N6O6S. The number of nitrogens with one attached hydrogen (secondary N) is 1. The fraction of sp³-hybridized carbons (Fsp3) is 0.417. The molecule has 4 heterocycles. The quantitative estimate of drug-likeness (QED) is 0.280. The number of imide groups is 1. The molecule has 1 N–H and O–H groups in total. The van der Waals surface area contributed by atoms with Gasteiger partial charge in [-0.25, -0.2) is 0 Å². The van der Waals surface area contributed by atoms with Crippen molar-refractivity contribution in [2.75, 3.05) is 32.7 Å². The van der Waals surface area contributed by atoms with Crippen LogP contribution in [-0.2, 0) is 16.0 Å². The number of carbonyl (C=O) groups excluding carboxylic acids is 5. The summed E-state index contributed by atoms with van der Waals surface area (Å²) in [7, 11) is 0. The second kappa shape index (κ2) is 13.8. The van der Waals surface area contributed by atoms with E-state index in [-0.39, 0.29) is 36.9 Å². The van der Waals surface area contributed by atoms with Gasteiger partial charge in [0.25, 0.3) is 17.7 Å². The van der Waals surface area contributed by atoms with Crippen molar-refractivity contribution in [2.24, 2.45) is 11.8 Å². The maximum Gasteiger partial charge on any atom is 0.265 e. The number of carbonyl (C=O) groups is 5. The Morgan fingerprint density at radius 2 is 1.73 bits per heavy atom. The molecule has 49 heavy (non-hydrogen) atoms. The van der Waals surface area contributed by atoms with Crippen LogP contribution in [0.15, 0.2) is 54.2 Å². The molecule has 4 atom stereocenters. The average molecular weight is 681 g/mol. The predicted octanol–water partition coefficient (Wildman–Crippen LogP) is 3.60. The van der Waals surface area contributed by atoms with E-state index < -0.39 is 29.7 Å². The first-order valence-corrected chi connectivity index (χ1v) is 17.6. The Bertz CT molecular complexity index is 1800. The summed E-state index contributed by atoms with van der Waals surface area (Å²) in [5.74, 6) is -2.09. The zero-order valence-electron chi connectivity index (χ0n) is 26.9. The van der Waals surface area contributed by atoms with Gasteiger partial charge in [-0.1, -0.05) is 37.1 Å². The van der Waals surface area contributed by atoms with Crippen LogP contribution in [-0.4, -0.2) is 88.0 Å². The van der Waals surface area contributed by atoms with Crippen LogP contribution < -0.4 is 10.1 Å². The Morgan fingerprint density at radius 3 is 2.45 bits per heavy atom. The van der Waals surface area contributed by atoms with Crippen molar-refractivity contribution in [1.29, 1.82) is 5.26 Å². The minimum absolute atomic E-state index is 0.0792. The smallest absolute Gasteiger partial charge is 0.265 e. The van der Waals surface area contributed by atoms with Gasteiger partial charge in [-0.2, -0.15) is 5.26 Å². The third-order valence-corrected chi connectivity index (χ3v) is 10.9. The summed E-state index contributed by atoms with van der Waals surface area (Å²) in [4.78, 5) is 77.3. The average Bonchev–Trinajstić information content (AvgIpc) is 3.89. The second-order valence-electron chi connectivity index (χ2n) is 12.9. The first-order valence-electron chi connectivity index (χ1n) is 16.7. The number of likely N-dealkylation sites (tertiary alicyclic amines) is 1. The van der Waals surface area contributed by atoms with Gasteiger partial charge < -0.3 is 19.9 Å². The van der Waals surface area contributed by atoms with Crippen LogP contribution in [0, 0.1) is 23.2 Å². The lowest BCUT2D eigenvalue weighted by molar-refractivity contribution is -0.146. The van der Waals surface area contributed by atoms with Crippen molar-refractivity contribution in [2.45, 2.75) is 50.7 Å². The van der Waals surface area contributed by atoms with Gasteiger partial charge in [0.15, 0.2) is 0 Å². The number of benzene rings is 2. The zero-order chi connectivity index (χ0) is 34.1. The SMILES string of the molecule is N#CCNC(=O)C1CCCCC1C(=O)N1CCc2cccc(O[C@H]3CCN(C(=O)c4cncs4)C3)c2[C@H]1CN1C(=O)c2ccccc2C1=O. The molecule has 252 valence electrons. The molecule has 1 saturated heterocycles. The topological polar surface area (TPSA) is 153 Å². The summed E-state index contributed by atoms with van der Waals surface area (Å²) >= 11 is 1.29. The third kappa shape index (κ3) is 6.17. The van der Waals surface area contributed by atoms with Crippen LogP contribution >= 0.6 is 11.3 Å². The highest BCUT2D eigenvalue weighted by Crippen LogP contribution is 2.42.